The second kappa shape index (κ2) is 7.98. The van der Waals surface area contributed by atoms with E-state index in [1.54, 1.807) is 0 Å². The van der Waals surface area contributed by atoms with Crippen LogP contribution < -0.4 is 0 Å². The predicted octanol–water partition coefficient (Wildman–Crippen LogP) is 4.10. The largest absolute Gasteiger partial charge is 0.335 e. The Kier molecular flexibility index (Phi) is 6.61. The highest BCUT2D eigenvalue weighted by atomic mass is 16.2. The Morgan fingerprint density at radius 2 is 1.89 bits per heavy atom. The van der Waals surface area contributed by atoms with Gasteiger partial charge in [0.1, 0.15) is 0 Å². The van der Waals surface area contributed by atoms with Crippen LogP contribution in [0.5, 0.6) is 0 Å². The molecular formula is C17H27NO. The van der Waals surface area contributed by atoms with Gasteiger partial charge in [-0.25, -0.2) is 0 Å². The van der Waals surface area contributed by atoms with Crippen LogP contribution in [0, 0.1) is 5.92 Å². The second-order valence-corrected chi connectivity index (χ2v) is 5.68. The summed E-state index contributed by atoms with van der Waals surface area (Å²) < 4.78 is 0. The first-order chi connectivity index (χ1) is 9.04. The number of carbonyl (C=O) groups excluding carboxylic acids is 1. The zero-order valence-corrected chi connectivity index (χ0v) is 12.6. The van der Waals surface area contributed by atoms with Crippen molar-refractivity contribution in [2.75, 3.05) is 13.1 Å². The van der Waals surface area contributed by atoms with Gasteiger partial charge in [0.05, 0.1) is 0 Å². The maximum Gasteiger partial charge on any atom is 0.226 e. The molecule has 0 bridgehead atoms. The lowest BCUT2D eigenvalue weighted by atomic mass is 10.1. The molecule has 0 heterocycles. The van der Waals surface area contributed by atoms with Crippen molar-refractivity contribution < 1.29 is 4.79 Å². The summed E-state index contributed by atoms with van der Waals surface area (Å²) in [6.45, 7) is 11.5. The van der Waals surface area contributed by atoms with E-state index in [1.165, 1.54) is 11.1 Å². The van der Waals surface area contributed by atoms with Crippen molar-refractivity contribution in [2.45, 2.75) is 46.5 Å². The summed E-state index contributed by atoms with van der Waals surface area (Å²) in [5.41, 5.74) is 2.72. The third-order valence-electron chi connectivity index (χ3n) is 3.34. The van der Waals surface area contributed by atoms with Crippen molar-refractivity contribution in [1.29, 1.82) is 0 Å². The van der Waals surface area contributed by atoms with Crippen molar-refractivity contribution in [1.82, 2.24) is 4.90 Å². The standard InChI is InChI=1S/C17H27NO/c1-5-12-18(17(19)16-9-10-16)13-11-15(4)8-6-7-14(2)3/h5,7,11,16H,1,6,8-10,12-13H2,2-4H3/b15-11+. The lowest BCUT2D eigenvalue weighted by Gasteiger charge is -2.19. The highest BCUT2D eigenvalue weighted by Gasteiger charge is 2.32. The zero-order chi connectivity index (χ0) is 14.3. The Morgan fingerprint density at radius 3 is 2.42 bits per heavy atom. The minimum atomic E-state index is 0.291. The van der Waals surface area contributed by atoms with Crippen molar-refractivity contribution in [3.63, 3.8) is 0 Å². The van der Waals surface area contributed by atoms with Crippen molar-refractivity contribution >= 4 is 5.91 Å². The van der Waals surface area contributed by atoms with Gasteiger partial charge < -0.3 is 4.90 Å². The summed E-state index contributed by atoms with van der Waals surface area (Å²) in [6.07, 6.45) is 10.5. The molecule has 2 nitrogen and oxygen atoms in total. The highest BCUT2D eigenvalue weighted by Crippen LogP contribution is 2.31. The molecule has 1 saturated carbocycles. The van der Waals surface area contributed by atoms with E-state index in [4.69, 9.17) is 0 Å². The zero-order valence-electron chi connectivity index (χ0n) is 12.6. The Bertz CT molecular complexity index is 371. The Morgan fingerprint density at radius 1 is 1.21 bits per heavy atom. The molecule has 0 unspecified atom stereocenters. The highest BCUT2D eigenvalue weighted by molar-refractivity contribution is 5.81. The molecule has 1 aliphatic rings. The normalized spacial score (nSPS) is 15.0. The van der Waals surface area contributed by atoms with E-state index in [0.717, 1.165) is 32.2 Å². The molecule has 0 aliphatic heterocycles. The first-order valence-corrected chi connectivity index (χ1v) is 7.23. The molecule has 106 valence electrons. The Balaban J connectivity index is 2.42. The molecule has 0 aromatic heterocycles. The quantitative estimate of drug-likeness (QED) is 0.602. The fourth-order valence-corrected chi connectivity index (χ4v) is 1.96. The predicted molar refractivity (Wildman–Crippen MR) is 81.9 cm³/mol. The van der Waals surface area contributed by atoms with Crippen LogP contribution in [0.4, 0.5) is 0 Å². The van der Waals surface area contributed by atoms with Crippen LogP contribution in [0.3, 0.4) is 0 Å². The Hall–Kier alpha value is -1.31. The summed E-state index contributed by atoms with van der Waals surface area (Å²) in [6, 6.07) is 0. The molecular weight excluding hydrogens is 234 g/mol. The summed E-state index contributed by atoms with van der Waals surface area (Å²) in [5, 5.41) is 0. The number of amides is 1. The molecule has 1 aliphatic carbocycles. The molecule has 0 aromatic rings. The van der Waals surface area contributed by atoms with Gasteiger partial charge in [0, 0.05) is 19.0 Å². The smallest absolute Gasteiger partial charge is 0.226 e. The van der Waals surface area contributed by atoms with Crippen LogP contribution in [0.2, 0.25) is 0 Å². The van der Waals surface area contributed by atoms with Crippen molar-refractivity contribution in [3.05, 3.63) is 36.0 Å². The van der Waals surface area contributed by atoms with E-state index >= 15 is 0 Å². The van der Waals surface area contributed by atoms with Gasteiger partial charge >= 0.3 is 0 Å². The first kappa shape index (κ1) is 15.7. The van der Waals surface area contributed by atoms with E-state index in [0.29, 0.717) is 18.4 Å². The van der Waals surface area contributed by atoms with E-state index in [2.05, 4.69) is 39.5 Å². The summed E-state index contributed by atoms with van der Waals surface area (Å²) in [7, 11) is 0. The number of hydrogen-bond donors (Lipinski definition) is 0. The lowest BCUT2D eigenvalue weighted by molar-refractivity contribution is -0.131. The number of rotatable bonds is 8. The number of allylic oxidation sites excluding steroid dienone is 3. The summed E-state index contributed by atoms with van der Waals surface area (Å²) >= 11 is 0. The summed E-state index contributed by atoms with van der Waals surface area (Å²) in [4.78, 5) is 14.0. The van der Waals surface area contributed by atoms with Crippen LogP contribution in [0.15, 0.2) is 36.0 Å². The van der Waals surface area contributed by atoms with E-state index in [1.807, 2.05) is 11.0 Å². The number of hydrogen-bond acceptors (Lipinski definition) is 1. The third-order valence-corrected chi connectivity index (χ3v) is 3.34. The van der Waals surface area contributed by atoms with Gasteiger partial charge in [-0.05, 0) is 46.5 Å². The topological polar surface area (TPSA) is 20.3 Å². The van der Waals surface area contributed by atoms with Gasteiger partial charge in [0.15, 0.2) is 0 Å². The van der Waals surface area contributed by atoms with Gasteiger partial charge in [0.2, 0.25) is 5.91 Å². The number of carbonyl (C=O) groups is 1. The third kappa shape index (κ3) is 6.42. The van der Waals surface area contributed by atoms with E-state index in [9.17, 15) is 4.79 Å². The second-order valence-electron chi connectivity index (χ2n) is 5.68. The minimum absolute atomic E-state index is 0.291. The fourth-order valence-electron chi connectivity index (χ4n) is 1.96. The minimum Gasteiger partial charge on any atom is -0.335 e. The maximum atomic E-state index is 12.1. The molecule has 2 heteroatoms. The molecule has 19 heavy (non-hydrogen) atoms. The lowest BCUT2D eigenvalue weighted by Crippen LogP contribution is -2.32. The molecule has 0 aromatic carbocycles. The van der Waals surface area contributed by atoms with Gasteiger partial charge in [-0.15, -0.1) is 6.58 Å². The van der Waals surface area contributed by atoms with Crippen LogP contribution in [0.1, 0.15) is 46.5 Å². The molecule has 0 spiro atoms. The molecule has 0 N–H and O–H groups in total. The van der Waals surface area contributed by atoms with Crippen LogP contribution in [-0.2, 0) is 4.79 Å². The van der Waals surface area contributed by atoms with Crippen LogP contribution in [0.25, 0.3) is 0 Å². The van der Waals surface area contributed by atoms with Gasteiger partial charge in [0.25, 0.3) is 0 Å². The molecule has 1 fully saturated rings. The van der Waals surface area contributed by atoms with Crippen molar-refractivity contribution in [3.8, 4) is 0 Å². The van der Waals surface area contributed by atoms with Gasteiger partial charge in [-0.2, -0.15) is 0 Å². The number of nitrogens with zero attached hydrogens (tertiary/aromatic N) is 1. The fraction of sp³-hybridized carbons (Fsp3) is 0.588. The first-order valence-electron chi connectivity index (χ1n) is 7.23. The maximum absolute atomic E-state index is 12.1. The monoisotopic (exact) mass is 261 g/mol. The van der Waals surface area contributed by atoms with Gasteiger partial charge in [-0.3, -0.25) is 4.79 Å². The summed E-state index contributed by atoms with van der Waals surface area (Å²) in [5.74, 6) is 0.590. The molecule has 0 radical (unpaired) electrons. The molecule has 1 amide bonds. The van der Waals surface area contributed by atoms with Gasteiger partial charge in [-0.1, -0.05) is 29.4 Å². The van der Waals surface area contributed by atoms with Crippen LogP contribution >= 0.6 is 0 Å². The SMILES string of the molecule is C=CCN(C/C=C(\C)CCC=C(C)C)C(=O)C1CC1. The Labute approximate surface area is 117 Å². The van der Waals surface area contributed by atoms with Crippen molar-refractivity contribution in [2.24, 2.45) is 5.92 Å². The average Bonchev–Trinajstić information content (AvgIpc) is 3.17. The molecule has 1 rings (SSSR count). The van der Waals surface area contributed by atoms with Crippen LogP contribution in [-0.4, -0.2) is 23.9 Å². The van der Waals surface area contributed by atoms with E-state index < -0.39 is 0 Å². The average molecular weight is 261 g/mol. The molecule has 0 atom stereocenters. The molecule has 0 saturated heterocycles. The van der Waals surface area contributed by atoms with E-state index in [-0.39, 0.29) is 0 Å².